The summed E-state index contributed by atoms with van der Waals surface area (Å²) < 4.78 is 42.4. The summed E-state index contributed by atoms with van der Waals surface area (Å²) in [5.41, 5.74) is 2.17. The van der Waals surface area contributed by atoms with Gasteiger partial charge in [0.05, 0.1) is 43.4 Å². The zero-order chi connectivity index (χ0) is 28.9. The third kappa shape index (κ3) is 6.61. The molecule has 12 heteroatoms. The van der Waals surface area contributed by atoms with Crippen LogP contribution in [0.15, 0.2) is 36.7 Å². The third-order valence-corrected chi connectivity index (χ3v) is 7.17. The second-order valence-corrected chi connectivity index (χ2v) is 10.3. The van der Waals surface area contributed by atoms with Gasteiger partial charge in [0.1, 0.15) is 22.9 Å². The van der Waals surface area contributed by atoms with Crippen molar-refractivity contribution in [3.63, 3.8) is 0 Å². The topological polar surface area (TPSA) is 93.5 Å². The molecular formula is C29H36F2N8O2. The molecule has 0 unspecified atom stereocenters. The zero-order valence-corrected chi connectivity index (χ0v) is 23.9. The van der Waals surface area contributed by atoms with Crippen molar-refractivity contribution in [2.75, 3.05) is 69.9 Å². The van der Waals surface area contributed by atoms with Crippen molar-refractivity contribution in [3.05, 3.63) is 54.1 Å². The minimum atomic E-state index is -0.648. The zero-order valence-electron chi connectivity index (χ0n) is 23.9. The number of benzene rings is 1. The number of rotatable bonds is 11. The molecule has 1 fully saturated rings. The summed E-state index contributed by atoms with van der Waals surface area (Å²) >= 11 is 0. The maximum atomic E-state index is 15.0. The van der Waals surface area contributed by atoms with Crippen molar-refractivity contribution >= 4 is 28.5 Å². The fourth-order valence-corrected chi connectivity index (χ4v) is 5.12. The SMILES string of the molecule is COCCOCCN1CCN(c2ccc(Nc3ncc(F)c(-c4cc(F)c5nc(C)n(C(C)C)c5c4)n3)nc2)CC1. The normalized spacial score (nSPS) is 14.4. The molecule has 0 bridgehead atoms. The van der Waals surface area contributed by atoms with E-state index >= 15 is 0 Å². The van der Waals surface area contributed by atoms with Crippen molar-refractivity contribution < 1.29 is 18.3 Å². The molecule has 4 heterocycles. The molecule has 10 nitrogen and oxygen atoms in total. The molecule has 0 aliphatic carbocycles. The summed E-state index contributed by atoms with van der Waals surface area (Å²) in [5.74, 6) is 0.202. The van der Waals surface area contributed by atoms with Crippen LogP contribution in [0.5, 0.6) is 0 Å². The molecule has 0 radical (unpaired) electrons. The first-order valence-corrected chi connectivity index (χ1v) is 13.8. The standard InChI is InChI=1S/C29H36F2N8O2/c1-19(2)39-20(3)34-28-23(30)15-21(16-25(28)39)27-24(31)18-33-29(36-27)35-26-6-5-22(17-32-26)38-9-7-37(8-10-38)11-12-41-14-13-40-4/h5-6,15-19H,7-14H2,1-4H3,(H,32,33,35,36). The maximum absolute atomic E-state index is 15.0. The smallest absolute Gasteiger partial charge is 0.229 e. The Bertz CT molecular complexity index is 1470. The Kier molecular flexibility index (Phi) is 9.01. The number of pyridine rings is 1. The number of nitrogens with one attached hydrogen (secondary N) is 1. The van der Waals surface area contributed by atoms with E-state index in [0.717, 1.165) is 44.6 Å². The largest absolute Gasteiger partial charge is 0.382 e. The summed E-state index contributed by atoms with van der Waals surface area (Å²) in [6.45, 7) is 12.3. The molecule has 5 rings (SSSR count). The first-order valence-electron chi connectivity index (χ1n) is 13.8. The summed E-state index contributed by atoms with van der Waals surface area (Å²) in [4.78, 5) is 22.0. The van der Waals surface area contributed by atoms with Crippen molar-refractivity contribution in [1.82, 2.24) is 29.4 Å². The molecule has 3 aromatic heterocycles. The number of anilines is 3. The van der Waals surface area contributed by atoms with E-state index in [0.29, 0.717) is 42.5 Å². The predicted molar refractivity (Wildman–Crippen MR) is 155 cm³/mol. The van der Waals surface area contributed by atoms with Crippen LogP contribution in [0.25, 0.3) is 22.3 Å². The highest BCUT2D eigenvalue weighted by Crippen LogP contribution is 2.30. The van der Waals surface area contributed by atoms with E-state index in [4.69, 9.17) is 9.47 Å². The van der Waals surface area contributed by atoms with Crippen LogP contribution >= 0.6 is 0 Å². The number of ether oxygens (including phenoxy) is 2. The Morgan fingerprint density at radius 1 is 0.951 bits per heavy atom. The average molecular weight is 567 g/mol. The first kappa shape index (κ1) is 28.8. The fourth-order valence-electron chi connectivity index (χ4n) is 5.12. The van der Waals surface area contributed by atoms with Gasteiger partial charge in [0.15, 0.2) is 11.6 Å². The Morgan fingerprint density at radius 2 is 1.76 bits per heavy atom. The van der Waals surface area contributed by atoms with Gasteiger partial charge in [0.2, 0.25) is 5.95 Å². The number of methoxy groups -OCH3 is 1. The quantitative estimate of drug-likeness (QED) is 0.262. The minimum Gasteiger partial charge on any atom is -0.382 e. The average Bonchev–Trinajstić information content (AvgIpc) is 3.31. The Labute approximate surface area is 238 Å². The molecule has 0 amide bonds. The molecule has 218 valence electrons. The van der Waals surface area contributed by atoms with Crippen molar-refractivity contribution in [2.24, 2.45) is 0 Å². The summed E-state index contributed by atoms with van der Waals surface area (Å²) in [5, 5.41) is 3.04. The number of imidazole rings is 1. The number of hydrogen-bond donors (Lipinski definition) is 1. The number of halogens is 2. The van der Waals surface area contributed by atoms with Crippen LogP contribution in [-0.2, 0) is 9.47 Å². The van der Waals surface area contributed by atoms with Crippen LogP contribution in [0.1, 0.15) is 25.7 Å². The highest BCUT2D eigenvalue weighted by molar-refractivity contribution is 5.83. The van der Waals surface area contributed by atoms with Gasteiger partial charge in [-0.3, -0.25) is 4.90 Å². The van der Waals surface area contributed by atoms with Gasteiger partial charge in [0.25, 0.3) is 0 Å². The lowest BCUT2D eigenvalue weighted by atomic mass is 10.1. The van der Waals surface area contributed by atoms with Crippen LogP contribution in [0.4, 0.5) is 26.2 Å². The molecule has 1 aliphatic heterocycles. The Morgan fingerprint density at radius 3 is 2.46 bits per heavy atom. The fraction of sp³-hybridized carbons (Fsp3) is 0.448. The van der Waals surface area contributed by atoms with E-state index in [1.165, 1.54) is 6.07 Å². The number of aromatic nitrogens is 5. The predicted octanol–water partition coefficient (Wildman–Crippen LogP) is 4.58. The lowest BCUT2D eigenvalue weighted by Crippen LogP contribution is -2.47. The summed E-state index contributed by atoms with van der Waals surface area (Å²) in [6, 6.07) is 6.87. The molecule has 1 aromatic carbocycles. The van der Waals surface area contributed by atoms with Gasteiger partial charge < -0.3 is 24.3 Å². The van der Waals surface area contributed by atoms with Crippen LogP contribution in [0.3, 0.4) is 0 Å². The number of fused-ring (bicyclic) bond motifs is 1. The summed E-state index contributed by atoms with van der Waals surface area (Å²) in [7, 11) is 1.67. The first-order chi connectivity index (χ1) is 19.8. The van der Waals surface area contributed by atoms with Crippen molar-refractivity contribution in [2.45, 2.75) is 26.8 Å². The van der Waals surface area contributed by atoms with E-state index in [1.54, 1.807) is 19.4 Å². The third-order valence-electron chi connectivity index (χ3n) is 7.17. The molecule has 0 atom stereocenters. The lowest BCUT2D eigenvalue weighted by Gasteiger charge is -2.35. The second-order valence-electron chi connectivity index (χ2n) is 10.3. The lowest BCUT2D eigenvalue weighted by molar-refractivity contribution is 0.0563. The van der Waals surface area contributed by atoms with Gasteiger partial charge in [0, 0.05) is 51.4 Å². The van der Waals surface area contributed by atoms with Crippen LogP contribution in [-0.4, -0.2) is 89.1 Å². The molecule has 1 saturated heterocycles. The monoisotopic (exact) mass is 566 g/mol. The number of aryl methyl sites for hydroxylation is 1. The van der Waals surface area contributed by atoms with Crippen LogP contribution < -0.4 is 10.2 Å². The van der Waals surface area contributed by atoms with E-state index < -0.39 is 11.6 Å². The van der Waals surface area contributed by atoms with Gasteiger partial charge in [-0.05, 0) is 45.0 Å². The van der Waals surface area contributed by atoms with E-state index in [2.05, 4.69) is 35.1 Å². The molecule has 41 heavy (non-hydrogen) atoms. The van der Waals surface area contributed by atoms with Crippen molar-refractivity contribution in [3.8, 4) is 11.3 Å². The van der Waals surface area contributed by atoms with E-state index in [1.807, 2.05) is 37.5 Å². The van der Waals surface area contributed by atoms with Gasteiger partial charge in [-0.15, -0.1) is 0 Å². The van der Waals surface area contributed by atoms with Crippen molar-refractivity contribution in [1.29, 1.82) is 0 Å². The molecule has 0 saturated carbocycles. The molecule has 0 spiro atoms. The highest BCUT2D eigenvalue weighted by Gasteiger charge is 2.19. The summed E-state index contributed by atoms with van der Waals surface area (Å²) in [6.07, 6.45) is 2.88. The molecule has 1 aliphatic rings. The molecule has 1 N–H and O–H groups in total. The minimum absolute atomic E-state index is 0.00366. The van der Waals surface area contributed by atoms with Gasteiger partial charge in [-0.1, -0.05) is 0 Å². The molecule has 4 aromatic rings. The molecular weight excluding hydrogens is 530 g/mol. The van der Waals surface area contributed by atoms with E-state index in [9.17, 15) is 8.78 Å². The van der Waals surface area contributed by atoms with Gasteiger partial charge >= 0.3 is 0 Å². The number of nitrogens with zero attached hydrogens (tertiary/aromatic N) is 7. The van der Waals surface area contributed by atoms with Gasteiger partial charge in [-0.25, -0.2) is 28.7 Å². The van der Waals surface area contributed by atoms with Gasteiger partial charge in [-0.2, -0.15) is 0 Å². The highest BCUT2D eigenvalue weighted by atomic mass is 19.1. The number of hydrogen-bond acceptors (Lipinski definition) is 9. The Hall–Kier alpha value is -3.74. The maximum Gasteiger partial charge on any atom is 0.229 e. The van der Waals surface area contributed by atoms with Crippen LogP contribution in [0, 0.1) is 18.6 Å². The number of piperazine rings is 1. The van der Waals surface area contributed by atoms with Crippen LogP contribution in [0.2, 0.25) is 0 Å². The van der Waals surface area contributed by atoms with E-state index in [-0.39, 0.29) is 23.2 Å². The Balaban J connectivity index is 1.25. The second kappa shape index (κ2) is 12.8.